The van der Waals surface area contributed by atoms with Gasteiger partial charge in [0.25, 0.3) is 0 Å². The number of fused-ring (bicyclic) bond motifs is 1. The zero-order chi connectivity index (χ0) is 13.9. The van der Waals surface area contributed by atoms with Crippen LogP contribution in [0, 0.1) is 5.82 Å². The molecule has 1 aromatic carbocycles. The maximum absolute atomic E-state index is 13.2. The van der Waals surface area contributed by atoms with Crippen molar-refractivity contribution in [3.8, 4) is 0 Å². The second-order valence-corrected chi connectivity index (χ2v) is 5.78. The fourth-order valence-electron chi connectivity index (χ4n) is 3.06. The van der Waals surface area contributed by atoms with Gasteiger partial charge < -0.3 is 9.88 Å². The second-order valence-electron chi connectivity index (χ2n) is 5.78. The minimum atomic E-state index is -0.207. The molecule has 1 N–H and O–H groups in total. The highest BCUT2D eigenvalue weighted by molar-refractivity contribution is 5.75. The van der Waals surface area contributed by atoms with Gasteiger partial charge in [0.05, 0.1) is 11.0 Å². The van der Waals surface area contributed by atoms with Gasteiger partial charge in [0, 0.05) is 12.5 Å². The van der Waals surface area contributed by atoms with Crippen molar-refractivity contribution in [1.82, 2.24) is 14.9 Å². The number of aromatic nitrogens is 2. The molecule has 3 nitrogen and oxygen atoms in total. The first-order chi connectivity index (χ1) is 9.76. The normalized spacial score (nSPS) is 20.6. The molecular weight excluding hydrogens is 253 g/mol. The summed E-state index contributed by atoms with van der Waals surface area (Å²) >= 11 is 0. The van der Waals surface area contributed by atoms with Gasteiger partial charge in [-0.1, -0.05) is 13.3 Å². The van der Waals surface area contributed by atoms with E-state index >= 15 is 0 Å². The van der Waals surface area contributed by atoms with Gasteiger partial charge in [-0.2, -0.15) is 0 Å². The minimum Gasteiger partial charge on any atom is -0.342 e. The molecule has 0 aliphatic carbocycles. The van der Waals surface area contributed by atoms with Crippen LogP contribution in [-0.2, 0) is 0 Å². The van der Waals surface area contributed by atoms with Crippen molar-refractivity contribution in [3.63, 3.8) is 0 Å². The van der Waals surface area contributed by atoms with E-state index in [0.29, 0.717) is 5.92 Å². The predicted molar refractivity (Wildman–Crippen MR) is 79.4 cm³/mol. The molecule has 1 unspecified atom stereocenters. The quantitative estimate of drug-likeness (QED) is 0.923. The largest absolute Gasteiger partial charge is 0.342 e. The number of aromatic amines is 1. The lowest BCUT2D eigenvalue weighted by molar-refractivity contribution is 0.202. The van der Waals surface area contributed by atoms with Gasteiger partial charge in [-0.3, -0.25) is 0 Å². The zero-order valence-electron chi connectivity index (χ0n) is 12.0. The van der Waals surface area contributed by atoms with E-state index in [0.717, 1.165) is 23.4 Å². The maximum atomic E-state index is 13.2. The van der Waals surface area contributed by atoms with Crippen molar-refractivity contribution in [2.45, 2.75) is 38.5 Å². The van der Waals surface area contributed by atoms with E-state index in [9.17, 15) is 4.39 Å². The van der Waals surface area contributed by atoms with Gasteiger partial charge in [-0.15, -0.1) is 0 Å². The van der Waals surface area contributed by atoms with E-state index in [1.54, 1.807) is 6.07 Å². The van der Waals surface area contributed by atoms with Crippen molar-refractivity contribution >= 4 is 11.0 Å². The molecule has 108 valence electrons. The molecule has 0 radical (unpaired) electrons. The smallest absolute Gasteiger partial charge is 0.125 e. The predicted octanol–water partition coefficient (Wildman–Crippen LogP) is 3.68. The molecule has 1 aliphatic heterocycles. The minimum absolute atomic E-state index is 0.207. The molecule has 1 aromatic heterocycles. The Morgan fingerprint density at radius 3 is 3.20 bits per heavy atom. The number of nitrogens with zero attached hydrogens (tertiary/aromatic N) is 2. The third kappa shape index (κ3) is 2.85. The first-order valence-electron chi connectivity index (χ1n) is 7.64. The number of rotatable bonds is 4. The number of hydrogen-bond donors (Lipinski definition) is 1. The standard InChI is InChI=1S/C16H22FN3/c1-2-3-8-20-9-4-5-12(11-20)16-18-14-7-6-13(17)10-15(14)19-16/h6-7,10,12H,2-5,8-9,11H2,1H3,(H,18,19). The second kappa shape index (κ2) is 5.92. The van der Waals surface area contributed by atoms with Crippen molar-refractivity contribution in [3.05, 3.63) is 29.8 Å². The van der Waals surface area contributed by atoms with Crippen LogP contribution in [0.25, 0.3) is 11.0 Å². The first-order valence-corrected chi connectivity index (χ1v) is 7.64. The summed E-state index contributed by atoms with van der Waals surface area (Å²) < 4.78 is 13.2. The van der Waals surface area contributed by atoms with Crippen LogP contribution in [0.5, 0.6) is 0 Å². The van der Waals surface area contributed by atoms with Gasteiger partial charge in [-0.05, 0) is 50.6 Å². The Hall–Kier alpha value is -1.42. The molecule has 1 aliphatic rings. The van der Waals surface area contributed by atoms with E-state index in [2.05, 4.69) is 21.8 Å². The molecule has 0 bridgehead atoms. The van der Waals surface area contributed by atoms with Gasteiger partial charge in [-0.25, -0.2) is 9.37 Å². The lowest BCUT2D eigenvalue weighted by Gasteiger charge is -2.31. The Kier molecular flexibility index (Phi) is 4.01. The van der Waals surface area contributed by atoms with E-state index in [1.807, 2.05) is 0 Å². The number of nitrogens with one attached hydrogen (secondary N) is 1. The third-order valence-corrected chi connectivity index (χ3v) is 4.18. The molecule has 1 atom stereocenters. The average Bonchev–Trinajstić information content (AvgIpc) is 2.88. The summed E-state index contributed by atoms with van der Waals surface area (Å²) in [5, 5.41) is 0. The van der Waals surface area contributed by atoms with Crippen molar-refractivity contribution in [2.24, 2.45) is 0 Å². The number of piperidine rings is 1. The molecule has 3 rings (SSSR count). The van der Waals surface area contributed by atoms with Crippen LogP contribution in [-0.4, -0.2) is 34.5 Å². The fourth-order valence-corrected chi connectivity index (χ4v) is 3.06. The van der Waals surface area contributed by atoms with Crippen LogP contribution in [0.2, 0.25) is 0 Å². The zero-order valence-corrected chi connectivity index (χ0v) is 12.0. The number of likely N-dealkylation sites (tertiary alicyclic amines) is 1. The van der Waals surface area contributed by atoms with E-state index in [1.165, 1.54) is 50.9 Å². The summed E-state index contributed by atoms with van der Waals surface area (Å²) in [6, 6.07) is 4.76. The SMILES string of the molecule is CCCCN1CCCC(c2nc3ccc(F)cc3[nH]2)C1. The Balaban J connectivity index is 1.76. The molecule has 4 heteroatoms. The summed E-state index contributed by atoms with van der Waals surface area (Å²) in [6.07, 6.45) is 4.90. The van der Waals surface area contributed by atoms with Crippen LogP contribution in [0.4, 0.5) is 4.39 Å². The topological polar surface area (TPSA) is 31.9 Å². The highest BCUT2D eigenvalue weighted by atomic mass is 19.1. The average molecular weight is 275 g/mol. The number of unbranched alkanes of at least 4 members (excludes halogenated alkanes) is 1. The molecule has 1 fully saturated rings. The molecule has 1 saturated heterocycles. The van der Waals surface area contributed by atoms with Crippen molar-refractivity contribution < 1.29 is 4.39 Å². The summed E-state index contributed by atoms with van der Waals surface area (Å²) in [7, 11) is 0. The van der Waals surface area contributed by atoms with Crippen LogP contribution < -0.4 is 0 Å². The molecular formula is C16H22FN3. The Bertz CT molecular complexity index is 578. The van der Waals surface area contributed by atoms with Gasteiger partial charge in [0.15, 0.2) is 0 Å². The Morgan fingerprint density at radius 1 is 1.45 bits per heavy atom. The van der Waals surface area contributed by atoms with Gasteiger partial charge in [0.1, 0.15) is 11.6 Å². The van der Waals surface area contributed by atoms with E-state index in [4.69, 9.17) is 0 Å². The highest BCUT2D eigenvalue weighted by Crippen LogP contribution is 2.27. The van der Waals surface area contributed by atoms with Gasteiger partial charge >= 0.3 is 0 Å². The molecule has 0 spiro atoms. The maximum Gasteiger partial charge on any atom is 0.125 e. The number of hydrogen-bond acceptors (Lipinski definition) is 2. The molecule has 2 aromatic rings. The molecule has 2 heterocycles. The number of H-pyrrole nitrogens is 1. The lowest BCUT2D eigenvalue weighted by atomic mass is 9.97. The fraction of sp³-hybridized carbons (Fsp3) is 0.562. The Labute approximate surface area is 119 Å². The summed E-state index contributed by atoms with van der Waals surface area (Å²) in [4.78, 5) is 10.5. The van der Waals surface area contributed by atoms with E-state index < -0.39 is 0 Å². The Morgan fingerprint density at radius 2 is 2.35 bits per heavy atom. The molecule has 20 heavy (non-hydrogen) atoms. The van der Waals surface area contributed by atoms with Crippen LogP contribution in [0.15, 0.2) is 18.2 Å². The molecule has 0 amide bonds. The van der Waals surface area contributed by atoms with Crippen LogP contribution in [0.1, 0.15) is 44.3 Å². The lowest BCUT2D eigenvalue weighted by Crippen LogP contribution is -2.35. The van der Waals surface area contributed by atoms with Crippen molar-refractivity contribution in [2.75, 3.05) is 19.6 Å². The summed E-state index contributed by atoms with van der Waals surface area (Å²) in [5.41, 5.74) is 1.68. The van der Waals surface area contributed by atoms with Crippen molar-refractivity contribution in [1.29, 1.82) is 0 Å². The monoisotopic (exact) mass is 275 g/mol. The number of imidazole rings is 1. The van der Waals surface area contributed by atoms with Gasteiger partial charge in [0.2, 0.25) is 0 Å². The summed E-state index contributed by atoms with van der Waals surface area (Å²) in [5.74, 6) is 1.27. The van der Waals surface area contributed by atoms with Crippen LogP contribution in [0.3, 0.4) is 0 Å². The number of benzene rings is 1. The first kappa shape index (κ1) is 13.6. The highest BCUT2D eigenvalue weighted by Gasteiger charge is 2.23. The van der Waals surface area contributed by atoms with Crippen LogP contribution >= 0.6 is 0 Å². The number of halogens is 1. The van der Waals surface area contributed by atoms with E-state index in [-0.39, 0.29) is 5.82 Å². The molecule has 0 saturated carbocycles. The summed E-state index contributed by atoms with van der Waals surface area (Å²) in [6.45, 7) is 5.69. The third-order valence-electron chi connectivity index (χ3n) is 4.18.